The molecule has 0 atom stereocenters. The molecule has 0 spiro atoms. The molecule has 3 rings (SSSR count). The second kappa shape index (κ2) is 4.72. The van der Waals surface area contributed by atoms with Crippen molar-refractivity contribution in [2.24, 2.45) is 0 Å². The number of likely N-dealkylation sites (tertiary alicyclic amines) is 1. The number of imidazole rings is 1. The van der Waals surface area contributed by atoms with Crippen LogP contribution in [0.2, 0.25) is 0 Å². The number of amides is 1. The fourth-order valence-corrected chi connectivity index (χ4v) is 2.79. The lowest BCUT2D eigenvalue weighted by Gasteiger charge is -2.13. The smallest absolute Gasteiger partial charge is 0.274 e. The molecule has 98 valence electrons. The van der Waals surface area contributed by atoms with Gasteiger partial charge in [-0.3, -0.25) is 9.69 Å². The average Bonchev–Trinajstić information content (AvgIpc) is 2.96. The van der Waals surface area contributed by atoms with Crippen molar-refractivity contribution in [3.05, 3.63) is 17.7 Å². The van der Waals surface area contributed by atoms with Crippen LogP contribution in [0.5, 0.6) is 0 Å². The van der Waals surface area contributed by atoms with Gasteiger partial charge in [0.05, 0.1) is 6.54 Å². The summed E-state index contributed by atoms with van der Waals surface area (Å²) in [4.78, 5) is 21.0. The zero-order chi connectivity index (χ0) is 12.5. The van der Waals surface area contributed by atoms with E-state index in [4.69, 9.17) is 0 Å². The van der Waals surface area contributed by atoms with Gasteiger partial charge in [0, 0.05) is 32.4 Å². The van der Waals surface area contributed by atoms with Crippen LogP contribution < -0.4 is 0 Å². The van der Waals surface area contributed by atoms with Crippen molar-refractivity contribution < 1.29 is 4.79 Å². The van der Waals surface area contributed by atoms with Crippen LogP contribution in [-0.2, 0) is 13.1 Å². The highest BCUT2D eigenvalue weighted by Crippen LogP contribution is 2.15. The molecule has 1 fully saturated rings. The highest BCUT2D eigenvalue weighted by atomic mass is 16.2. The van der Waals surface area contributed by atoms with Gasteiger partial charge in [-0.05, 0) is 26.3 Å². The van der Waals surface area contributed by atoms with Crippen LogP contribution in [0.4, 0.5) is 0 Å². The van der Waals surface area contributed by atoms with E-state index in [0.717, 1.165) is 57.8 Å². The van der Waals surface area contributed by atoms with Gasteiger partial charge < -0.3 is 9.47 Å². The lowest BCUT2D eigenvalue weighted by molar-refractivity contribution is 0.0787. The topological polar surface area (TPSA) is 41.4 Å². The summed E-state index contributed by atoms with van der Waals surface area (Å²) in [6, 6.07) is 0. The van der Waals surface area contributed by atoms with Gasteiger partial charge in [-0.1, -0.05) is 0 Å². The van der Waals surface area contributed by atoms with Gasteiger partial charge in [-0.25, -0.2) is 4.98 Å². The second-order valence-electron chi connectivity index (χ2n) is 5.33. The fourth-order valence-electron chi connectivity index (χ4n) is 2.79. The summed E-state index contributed by atoms with van der Waals surface area (Å²) in [6.07, 6.45) is 5.32. The van der Waals surface area contributed by atoms with Crippen LogP contribution in [0.3, 0.4) is 0 Å². The molecule has 0 N–H and O–H groups in total. The van der Waals surface area contributed by atoms with Crippen molar-refractivity contribution in [1.82, 2.24) is 19.4 Å². The third-order valence-electron chi connectivity index (χ3n) is 3.82. The average molecular weight is 248 g/mol. The summed E-state index contributed by atoms with van der Waals surface area (Å²) in [5, 5.41) is 0. The molecule has 2 aliphatic rings. The molecule has 1 aromatic rings. The van der Waals surface area contributed by atoms with E-state index in [-0.39, 0.29) is 5.91 Å². The molecule has 0 bridgehead atoms. The van der Waals surface area contributed by atoms with E-state index in [9.17, 15) is 4.79 Å². The zero-order valence-electron chi connectivity index (χ0n) is 10.9. The Hall–Kier alpha value is -1.36. The monoisotopic (exact) mass is 248 g/mol. The van der Waals surface area contributed by atoms with E-state index in [0.29, 0.717) is 5.69 Å². The first kappa shape index (κ1) is 11.7. The SMILES string of the molecule is CN1CCCn2cc(C(=O)N3CCCC3)nc2C1. The molecule has 0 radical (unpaired) electrons. The second-order valence-corrected chi connectivity index (χ2v) is 5.33. The van der Waals surface area contributed by atoms with Gasteiger partial charge in [-0.15, -0.1) is 0 Å². The normalized spacial score (nSPS) is 20.8. The molecule has 5 nitrogen and oxygen atoms in total. The predicted molar refractivity (Wildman–Crippen MR) is 68.3 cm³/mol. The molecule has 5 heteroatoms. The quantitative estimate of drug-likeness (QED) is 0.743. The van der Waals surface area contributed by atoms with Gasteiger partial charge in [0.1, 0.15) is 11.5 Å². The van der Waals surface area contributed by atoms with Crippen molar-refractivity contribution in [3.8, 4) is 0 Å². The Kier molecular flexibility index (Phi) is 3.07. The lowest BCUT2D eigenvalue weighted by Crippen LogP contribution is -2.28. The number of carbonyl (C=O) groups is 1. The number of fused-ring (bicyclic) bond motifs is 1. The van der Waals surface area contributed by atoms with Crippen molar-refractivity contribution >= 4 is 5.91 Å². The first-order valence-electron chi connectivity index (χ1n) is 6.78. The van der Waals surface area contributed by atoms with Gasteiger partial charge in [0.15, 0.2) is 0 Å². The van der Waals surface area contributed by atoms with Crippen LogP contribution in [0.25, 0.3) is 0 Å². The molecule has 0 aliphatic carbocycles. The number of rotatable bonds is 1. The Balaban J connectivity index is 1.81. The third-order valence-corrected chi connectivity index (χ3v) is 3.82. The first-order valence-corrected chi connectivity index (χ1v) is 6.78. The van der Waals surface area contributed by atoms with Crippen molar-refractivity contribution in [2.75, 3.05) is 26.7 Å². The molecule has 1 amide bonds. The maximum absolute atomic E-state index is 12.3. The number of aromatic nitrogens is 2. The minimum atomic E-state index is 0.107. The number of hydrogen-bond donors (Lipinski definition) is 0. The van der Waals surface area contributed by atoms with Crippen LogP contribution in [0.1, 0.15) is 35.6 Å². The maximum Gasteiger partial charge on any atom is 0.274 e. The third kappa shape index (κ3) is 2.14. The van der Waals surface area contributed by atoms with Crippen LogP contribution in [0, 0.1) is 0 Å². The molecular formula is C13H20N4O. The maximum atomic E-state index is 12.3. The zero-order valence-corrected chi connectivity index (χ0v) is 10.9. The molecule has 0 saturated carbocycles. The van der Waals surface area contributed by atoms with Crippen LogP contribution in [0.15, 0.2) is 6.20 Å². The standard InChI is InChI=1S/C13H20N4O/c1-15-5-4-8-17-9-11(14-12(17)10-15)13(18)16-6-2-3-7-16/h9H,2-8,10H2,1H3. The number of aryl methyl sites for hydroxylation is 1. The highest BCUT2D eigenvalue weighted by Gasteiger charge is 2.23. The molecule has 0 aromatic carbocycles. The Bertz CT molecular complexity index is 448. The minimum Gasteiger partial charge on any atom is -0.337 e. The van der Waals surface area contributed by atoms with Gasteiger partial charge in [0.2, 0.25) is 0 Å². The Morgan fingerprint density at radius 3 is 2.72 bits per heavy atom. The summed E-state index contributed by atoms with van der Waals surface area (Å²) < 4.78 is 2.15. The number of hydrogen-bond acceptors (Lipinski definition) is 3. The molecule has 3 heterocycles. The fraction of sp³-hybridized carbons (Fsp3) is 0.692. The molecule has 18 heavy (non-hydrogen) atoms. The first-order chi connectivity index (χ1) is 8.74. The van der Waals surface area contributed by atoms with Gasteiger partial charge >= 0.3 is 0 Å². The molecule has 2 aliphatic heterocycles. The largest absolute Gasteiger partial charge is 0.337 e. The summed E-state index contributed by atoms with van der Waals surface area (Å²) in [5.41, 5.74) is 0.627. The van der Waals surface area contributed by atoms with E-state index in [2.05, 4.69) is 21.5 Å². The van der Waals surface area contributed by atoms with E-state index in [1.807, 2.05) is 11.1 Å². The Morgan fingerprint density at radius 2 is 1.94 bits per heavy atom. The van der Waals surface area contributed by atoms with E-state index < -0.39 is 0 Å². The van der Waals surface area contributed by atoms with Crippen molar-refractivity contribution in [2.45, 2.75) is 32.4 Å². The van der Waals surface area contributed by atoms with Crippen molar-refractivity contribution in [3.63, 3.8) is 0 Å². The lowest BCUT2D eigenvalue weighted by atomic mass is 10.4. The van der Waals surface area contributed by atoms with Gasteiger partial charge in [0.25, 0.3) is 5.91 Å². The van der Waals surface area contributed by atoms with Crippen molar-refractivity contribution in [1.29, 1.82) is 0 Å². The molecule has 0 unspecified atom stereocenters. The molecule has 1 saturated heterocycles. The van der Waals surface area contributed by atoms with E-state index >= 15 is 0 Å². The number of carbonyl (C=O) groups excluding carboxylic acids is 1. The predicted octanol–water partition coefficient (Wildman–Crippen LogP) is 0.955. The Labute approximate surface area is 107 Å². The van der Waals surface area contributed by atoms with Crippen LogP contribution in [-0.4, -0.2) is 51.9 Å². The number of nitrogens with zero attached hydrogens (tertiary/aromatic N) is 4. The van der Waals surface area contributed by atoms with E-state index in [1.54, 1.807) is 0 Å². The highest BCUT2D eigenvalue weighted by molar-refractivity contribution is 5.92. The summed E-state index contributed by atoms with van der Waals surface area (Å²) in [5.74, 6) is 1.13. The summed E-state index contributed by atoms with van der Waals surface area (Å²) >= 11 is 0. The molecular weight excluding hydrogens is 228 g/mol. The molecule has 1 aromatic heterocycles. The Morgan fingerprint density at radius 1 is 1.17 bits per heavy atom. The summed E-state index contributed by atoms with van der Waals surface area (Å²) in [7, 11) is 2.10. The van der Waals surface area contributed by atoms with Crippen LogP contribution >= 0.6 is 0 Å². The van der Waals surface area contributed by atoms with E-state index in [1.165, 1.54) is 0 Å². The minimum absolute atomic E-state index is 0.107. The van der Waals surface area contributed by atoms with Gasteiger partial charge in [-0.2, -0.15) is 0 Å². The summed E-state index contributed by atoms with van der Waals surface area (Å²) in [6.45, 7) is 4.69.